The Hall–Kier alpha value is -0.170. The molecule has 2 rings (SSSR count). The molecule has 6 heteroatoms. The maximum Gasteiger partial charge on any atom is 0.0758 e. The maximum atomic E-state index is 6.16. The number of halogens is 2. The Kier molecular flexibility index (Phi) is 3.84. The summed E-state index contributed by atoms with van der Waals surface area (Å²) in [5.74, 6) is 0. The average molecular weight is 365 g/mol. The molecule has 2 aromatic rings. The molecule has 0 saturated carbocycles. The lowest BCUT2D eigenvalue weighted by Crippen LogP contribution is -2.13. The highest BCUT2D eigenvalue weighted by Crippen LogP contribution is 2.35. The van der Waals surface area contributed by atoms with E-state index in [-0.39, 0.29) is 6.04 Å². The SMILES string of the molecule is Cn1ccc(CC(N)c2cc(Br)sc2Br)n1. The van der Waals surface area contributed by atoms with Crippen molar-refractivity contribution in [1.82, 2.24) is 9.78 Å². The van der Waals surface area contributed by atoms with Gasteiger partial charge in [0.1, 0.15) is 0 Å². The molecule has 0 aliphatic heterocycles. The summed E-state index contributed by atoms with van der Waals surface area (Å²) in [5.41, 5.74) is 8.30. The van der Waals surface area contributed by atoms with E-state index in [4.69, 9.17) is 5.73 Å². The van der Waals surface area contributed by atoms with Crippen LogP contribution >= 0.6 is 43.2 Å². The first-order chi connectivity index (χ1) is 7.56. The van der Waals surface area contributed by atoms with E-state index in [1.807, 2.05) is 19.3 Å². The molecule has 2 aromatic heterocycles. The molecule has 0 aliphatic carbocycles. The zero-order valence-electron chi connectivity index (χ0n) is 8.65. The van der Waals surface area contributed by atoms with Crippen LogP contribution in [0.15, 0.2) is 25.9 Å². The molecule has 1 atom stereocenters. The fraction of sp³-hybridized carbons (Fsp3) is 0.300. The lowest BCUT2D eigenvalue weighted by atomic mass is 10.1. The van der Waals surface area contributed by atoms with Crippen LogP contribution in [0.4, 0.5) is 0 Å². The Morgan fingerprint density at radius 1 is 1.56 bits per heavy atom. The molecule has 0 aliphatic rings. The number of rotatable bonds is 3. The molecule has 3 nitrogen and oxygen atoms in total. The van der Waals surface area contributed by atoms with Crippen molar-refractivity contribution in [1.29, 1.82) is 0 Å². The van der Waals surface area contributed by atoms with Gasteiger partial charge >= 0.3 is 0 Å². The molecule has 0 saturated heterocycles. The topological polar surface area (TPSA) is 43.8 Å². The molecular formula is C10H11Br2N3S. The third-order valence-electron chi connectivity index (χ3n) is 2.28. The molecule has 0 bridgehead atoms. The first-order valence-corrected chi connectivity index (χ1v) is 7.15. The van der Waals surface area contributed by atoms with Crippen LogP contribution in [0.2, 0.25) is 0 Å². The zero-order chi connectivity index (χ0) is 11.7. The second-order valence-electron chi connectivity index (χ2n) is 3.57. The fourth-order valence-electron chi connectivity index (χ4n) is 1.51. The predicted octanol–water partition coefficient (Wildman–Crippen LogP) is 3.25. The Morgan fingerprint density at radius 2 is 2.31 bits per heavy atom. The summed E-state index contributed by atoms with van der Waals surface area (Å²) >= 11 is 8.61. The minimum atomic E-state index is -0.0215. The number of nitrogens with two attached hydrogens (primary N) is 1. The third-order valence-corrected chi connectivity index (χ3v) is 4.67. The molecule has 2 heterocycles. The zero-order valence-corrected chi connectivity index (χ0v) is 12.6. The van der Waals surface area contributed by atoms with E-state index in [1.54, 1.807) is 16.0 Å². The van der Waals surface area contributed by atoms with Crippen molar-refractivity contribution in [3.05, 3.63) is 37.2 Å². The number of hydrogen-bond acceptors (Lipinski definition) is 3. The van der Waals surface area contributed by atoms with Crippen LogP contribution < -0.4 is 5.73 Å². The Labute approximate surface area is 115 Å². The Morgan fingerprint density at radius 3 is 2.81 bits per heavy atom. The summed E-state index contributed by atoms with van der Waals surface area (Å²) < 4.78 is 3.97. The number of aromatic nitrogens is 2. The smallest absolute Gasteiger partial charge is 0.0758 e. The van der Waals surface area contributed by atoms with Crippen molar-refractivity contribution >= 4 is 43.2 Å². The summed E-state index contributed by atoms with van der Waals surface area (Å²) in [5, 5.41) is 4.33. The van der Waals surface area contributed by atoms with Gasteiger partial charge < -0.3 is 5.73 Å². The highest BCUT2D eigenvalue weighted by atomic mass is 79.9. The molecule has 0 spiro atoms. The fourth-order valence-corrected chi connectivity index (χ4v) is 4.51. The molecule has 0 aromatic carbocycles. The summed E-state index contributed by atoms with van der Waals surface area (Å²) in [4.78, 5) is 0. The van der Waals surface area contributed by atoms with Crippen LogP contribution in [0.1, 0.15) is 17.3 Å². The monoisotopic (exact) mass is 363 g/mol. The van der Waals surface area contributed by atoms with Crippen LogP contribution in [0.25, 0.3) is 0 Å². The highest BCUT2D eigenvalue weighted by molar-refractivity contribution is 9.12. The average Bonchev–Trinajstić information content (AvgIpc) is 2.73. The van der Waals surface area contributed by atoms with Crippen molar-refractivity contribution in [3.63, 3.8) is 0 Å². The van der Waals surface area contributed by atoms with Gasteiger partial charge in [-0.2, -0.15) is 5.10 Å². The summed E-state index contributed by atoms with van der Waals surface area (Å²) in [7, 11) is 1.91. The van der Waals surface area contributed by atoms with E-state index in [0.717, 1.165) is 25.3 Å². The van der Waals surface area contributed by atoms with Crippen LogP contribution in [0, 0.1) is 0 Å². The van der Waals surface area contributed by atoms with Crippen molar-refractivity contribution in [2.24, 2.45) is 12.8 Å². The molecular weight excluding hydrogens is 354 g/mol. The lowest BCUT2D eigenvalue weighted by molar-refractivity contribution is 0.675. The van der Waals surface area contributed by atoms with E-state index in [2.05, 4.69) is 43.0 Å². The predicted molar refractivity (Wildman–Crippen MR) is 73.6 cm³/mol. The van der Waals surface area contributed by atoms with Gasteiger partial charge in [0.05, 0.1) is 13.3 Å². The second-order valence-corrected chi connectivity index (χ2v) is 7.32. The van der Waals surface area contributed by atoms with Crippen molar-refractivity contribution in [3.8, 4) is 0 Å². The quantitative estimate of drug-likeness (QED) is 0.908. The lowest BCUT2D eigenvalue weighted by Gasteiger charge is -2.08. The van der Waals surface area contributed by atoms with E-state index in [0.29, 0.717) is 0 Å². The summed E-state index contributed by atoms with van der Waals surface area (Å²) in [6, 6.07) is 4.03. The number of thiophene rings is 1. The molecule has 0 radical (unpaired) electrons. The van der Waals surface area contributed by atoms with Gasteiger partial charge in [-0.3, -0.25) is 4.68 Å². The standard InChI is InChI=1S/C10H11Br2N3S/c1-15-3-2-6(14-15)4-8(13)7-5-9(11)16-10(7)12/h2-3,5,8H,4,13H2,1H3. The summed E-state index contributed by atoms with van der Waals surface area (Å²) in [6.07, 6.45) is 2.68. The van der Waals surface area contributed by atoms with Crippen molar-refractivity contribution in [2.75, 3.05) is 0 Å². The molecule has 16 heavy (non-hydrogen) atoms. The van der Waals surface area contributed by atoms with E-state index >= 15 is 0 Å². The van der Waals surface area contributed by atoms with Gasteiger partial charge in [-0.05, 0) is 49.6 Å². The molecule has 2 N–H and O–H groups in total. The molecule has 0 amide bonds. The molecule has 1 unspecified atom stereocenters. The largest absolute Gasteiger partial charge is 0.324 e. The van der Waals surface area contributed by atoms with Crippen LogP contribution in [-0.2, 0) is 13.5 Å². The number of aryl methyl sites for hydroxylation is 1. The molecule has 0 fully saturated rings. The van der Waals surface area contributed by atoms with E-state index < -0.39 is 0 Å². The molecule has 86 valence electrons. The minimum Gasteiger partial charge on any atom is -0.324 e. The normalized spacial score (nSPS) is 13.0. The maximum absolute atomic E-state index is 6.16. The van der Waals surface area contributed by atoms with Crippen LogP contribution in [-0.4, -0.2) is 9.78 Å². The van der Waals surface area contributed by atoms with E-state index in [9.17, 15) is 0 Å². The number of nitrogens with zero attached hydrogens (tertiary/aromatic N) is 2. The van der Waals surface area contributed by atoms with Crippen molar-refractivity contribution in [2.45, 2.75) is 12.5 Å². The first-order valence-electron chi connectivity index (χ1n) is 4.75. The first kappa shape index (κ1) is 12.3. The number of hydrogen-bond donors (Lipinski definition) is 1. The van der Waals surface area contributed by atoms with Gasteiger partial charge in [0.25, 0.3) is 0 Å². The van der Waals surface area contributed by atoms with E-state index in [1.165, 1.54) is 0 Å². The third kappa shape index (κ3) is 2.74. The van der Waals surface area contributed by atoms with Gasteiger partial charge in [0.15, 0.2) is 0 Å². The van der Waals surface area contributed by atoms with Crippen LogP contribution in [0.5, 0.6) is 0 Å². The second kappa shape index (κ2) is 5.00. The van der Waals surface area contributed by atoms with Gasteiger partial charge in [-0.25, -0.2) is 0 Å². The Balaban J connectivity index is 2.14. The van der Waals surface area contributed by atoms with Gasteiger partial charge in [-0.1, -0.05) is 0 Å². The minimum absolute atomic E-state index is 0.0215. The highest BCUT2D eigenvalue weighted by Gasteiger charge is 2.14. The Bertz CT molecular complexity index is 492. The van der Waals surface area contributed by atoms with Crippen molar-refractivity contribution < 1.29 is 0 Å². The summed E-state index contributed by atoms with van der Waals surface area (Å²) in [6.45, 7) is 0. The van der Waals surface area contributed by atoms with Crippen LogP contribution in [0.3, 0.4) is 0 Å². The van der Waals surface area contributed by atoms with Gasteiger partial charge in [0, 0.05) is 25.7 Å². The van der Waals surface area contributed by atoms with Gasteiger partial charge in [0.2, 0.25) is 0 Å². The van der Waals surface area contributed by atoms with Gasteiger partial charge in [-0.15, -0.1) is 11.3 Å².